The van der Waals surface area contributed by atoms with E-state index in [4.69, 9.17) is 4.74 Å². The predicted octanol–water partition coefficient (Wildman–Crippen LogP) is 2.17. The molecule has 1 saturated heterocycles. The lowest BCUT2D eigenvalue weighted by molar-refractivity contribution is -0.137. The first-order valence-electron chi connectivity index (χ1n) is 7.52. The summed E-state index contributed by atoms with van der Waals surface area (Å²) in [5, 5.41) is 0. The minimum Gasteiger partial charge on any atom is -0.460 e. The summed E-state index contributed by atoms with van der Waals surface area (Å²) in [7, 11) is 0. The smallest absolute Gasteiger partial charge is 0.417 e. The second kappa shape index (κ2) is 5.67. The van der Waals surface area contributed by atoms with Crippen LogP contribution in [0.15, 0.2) is 12.3 Å². The molecular formula is C15H18F3N3O2. The molecule has 3 rings (SSSR count). The van der Waals surface area contributed by atoms with Crippen LogP contribution in [-0.4, -0.2) is 54.2 Å². The number of halogens is 3. The normalized spacial score (nSPS) is 22.4. The van der Waals surface area contributed by atoms with Crippen LogP contribution in [0.1, 0.15) is 29.8 Å². The number of hydrogen-bond acceptors (Lipinski definition) is 5. The van der Waals surface area contributed by atoms with Gasteiger partial charge in [-0.1, -0.05) is 0 Å². The summed E-state index contributed by atoms with van der Waals surface area (Å²) in [6.45, 7) is 6.38. The van der Waals surface area contributed by atoms with Gasteiger partial charge in [-0.15, -0.1) is 0 Å². The number of nitrogens with zero attached hydrogens (tertiary/aromatic N) is 3. The van der Waals surface area contributed by atoms with Gasteiger partial charge in [-0.2, -0.15) is 13.2 Å². The summed E-state index contributed by atoms with van der Waals surface area (Å²) >= 11 is 0. The fourth-order valence-electron chi connectivity index (χ4n) is 3.01. The molecule has 0 unspecified atom stereocenters. The second-order valence-electron chi connectivity index (χ2n) is 6.13. The van der Waals surface area contributed by atoms with E-state index in [1.165, 1.54) is 0 Å². The molecule has 1 aromatic rings. The molecule has 1 fully saturated rings. The molecule has 0 bridgehead atoms. The zero-order valence-corrected chi connectivity index (χ0v) is 12.9. The van der Waals surface area contributed by atoms with Crippen LogP contribution in [0.25, 0.3) is 0 Å². The molecule has 3 heterocycles. The van der Waals surface area contributed by atoms with Crippen molar-refractivity contribution >= 4 is 11.8 Å². The van der Waals surface area contributed by atoms with Crippen molar-refractivity contribution in [2.24, 2.45) is 0 Å². The Morgan fingerprint density at radius 2 is 2.09 bits per heavy atom. The maximum absolute atomic E-state index is 12.8. The lowest BCUT2D eigenvalue weighted by Crippen LogP contribution is -2.56. The van der Waals surface area contributed by atoms with Crippen molar-refractivity contribution in [2.75, 3.05) is 31.1 Å². The average molecular weight is 329 g/mol. The number of esters is 1. The topological polar surface area (TPSA) is 45.7 Å². The van der Waals surface area contributed by atoms with Crippen LogP contribution in [0.2, 0.25) is 0 Å². The van der Waals surface area contributed by atoms with E-state index < -0.39 is 17.7 Å². The van der Waals surface area contributed by atoms with E-state index in [-0.39, 0.29) is 24.0 Å². The summed E-state index contributed by atoms with van der Waals surface area (Å²) in [5.74, 6) is -0.460. The Morgan fingerprint density at radius 3 is 2.74 bits per heavy atom. The SMILES string of the molecule is CC(C)N1CCN2c3ncc(C(F)(F)F)cc3C(=O)OC[C@@H]2C1. The van der Waals surface area contributed by atoms with Gasteiger partial charge in [0.1, 0.15) is 18.0 Å². The third kappa shape index (κ3) is 2.99. The van der Waals surface area contributed by atoms with Crippen molar-refractivity contribution < 1.29 is 22.7 Å². The summed E-state index contributed by atoms with van der Waals surface area (Å²) in [5.41, 5.74) is -1.05. The summed E-state index contributed by atoms with van der Waals surface area (Å²) < 4.78 is 43.7. The number of rotatable bonds is 1. The standard InChI is InChI=1S/C15H18F3N3O2/c1-9(2)20-3-4-21-11(7-20)8-23-14(22)12-5-10(15(16,17)18)6-19-13(12)21/h5-6,9,11H,3-4,7-8H2,1-2H3/t11-/m0/s1. The van der Waals surface area contributed by atoms with Crippen LogP contribution in [0.4, 0.5) is 19.0 Å². The molecule has 126 valence electrons. The van der Waals surface area contributed by atoms with Gasteiger partial charge in [-0.05, 0) is 19.9 Å². The molecule has 0 aromatic carbocycles. The third-order valence-corrected chi connectivity index (χ3v) is 4.34. The highest BCUT2D eigenvalue weighted by atomic mass is 19.4. The molecule has 0 spiro atoms. The zero-order valence-electron chi connectivity index (χ0n) is 12.9. The number of ether oxygens (including phenoxy) is 1. The summed E-state index contributed by atoms with van der Waals surface area (Å²) in [6, 6.07) is 1.10. The number of cyclic esters (lactones) is 1. The minimum absolute atomic E-state index is 0.0967. The highest BCUT2D eigenvalue weighted by molar-refractivity contribution is 5.95. The van der Waals surface area contributed by atoms with Crippen molar-refractivity contribution in [3.63, 3.8) is 0 Å². The molecule has 0 amide bonds. The average Bonchev–Trinajstić information content (AvgIpc) is 2.63. The number of piperazine rings is 1. The lowest BCUT2D eigenvalue weighted by atomic mass is 10.1. The van der Waals surface area contributed by atoms with E-state index >= 15 is 0 Å². The van der Waals surface area contributed by atoms with Crippen molar-refractivity contribution in [2.45, 2.75) is 32.1 Å². The van der Waals surface area contributed by atoms with Crippen LogP contribution in [-0.2, 0) is 10.9 Å². The predicted molar refractivity (Wildman–Crippen MR) is 77.4 cm³/mol. The molecule has 1 atom stereocenters. The summed E-state index contributed by atoms with van der Waals surface area (Å²) in [6.07, 6.45) is -3.76. The molecule has 23 heavy (non-hydrogen) atoms. The van der Waals surface area contributed by atoms with Gasteiger partial charge in [0.2, 0.25) is 0 Å². The Bertz CT molecular complexity index is 618. The largest absolute Gasteiger partial charge is 0.460 e. The van der Waals surface area contributed by atoms with Gasteiger partial charge >= 0.3 is 12.1 Å². The number of fused-ring (bicyclic) bond motifs is 3. The maximum Gasteiger partial charge on any atom is 0.417 e. The molecule has 8 heteroatoms. The highest BCUT2D eigenvalue weighted by Gasteiger charge is 2.38. The van der Waals surface area contributed by atoms with Crippen LogP contribution in [0.5, 0.6) is 0 Å². The van der Waals surface area contributed by atoms with Crippen LogP contribution in [0.3, 0.4) is 0 Å². The maximum atomic E-state index is 12.8. The van der Waals surface area contributed by atoms with Gasteiger partial charge in [0.25, 0.3) is 0 Å². The Labute approximate surface area is 132 Å². The van der Waals surface area contributed by atoms with Crippen molar-refractivity contribution in [1.82, 2.24) is 9.88 Å². The molecule has 0 radical (unpaired) electrons. The molecule has 1 aromatic heterocycles. The zero-order chi connectivity index (χ0) is 16.8. The van der Waals surface area contributed by atoms with Gasteiger partial charge in [-0.3, -0.25) is 4.90 Å². The first kappa shape index (κ1) is 16.0. The number of carbonyl (C=O) groups is 1. The number of carbonyl (C=O) groups excluding carboxylic acids is 1. The van der Waals surface area contributed by atoms with E-state index in [9.17, 15) is 18.0 Å². The number of aromatic nitrogens is 1. The summed E-state index contributed by atoms with van der Waals surface area (Å²) in [4.78, 5) is 20.2. The van der Waals surface area contributed by atoms with Gasteiger partial charge in [-0.25, -0.2) is 9.78 Å². The first-order chi connectivity index (χ1) is 10.8. The molecule has 0 saturated carbocycles. The van der Waals surface area contributed by atoms with Crippen molar-refractivity contribution in [3.05, 3.63) is 23.4 Å². The van der Waals surface area contributed by atoms with Crippen LogP contribution >= 0.6 is 0 Å². The van der Waals surface area contributed by atoms with E-state index in [2.05, 4.69) is 23.7 Å². The monoisotopic (exact) mass is 329 g/mol. The van der Waals surface area contributed by atoms with Gasteiger partial charge in [0, 0.05) is 31.9 Å². The number of pyridine rings is 1. The molecule has 0 N–H and O–H groups in total. The minimum atomic E-state index is -4.54. The fourth-order valence-corrected chi connectivity index (χ4v) is 3.01. The van der Waals surface area contributed by atoms with Crippen molar-refractivity contribution in [3.8, 4) is 0 Å². The Balaban J connectivity index is 1.96. The fraction of sp³-hybridized carbons (Fsp3) is 0.600. The van der Waals surface area contributed by atoms with E-state index in [1.807, 2.05) is 4.90 Å². The third-order valence-electron chi connectivity index (χ3n) is 4.34. The Morgan fingerprint density at radius 1 is 1.35 bits per heavy atom. The van der Waals surface area contributed by atoms with Gasteiger partial charge < -0.3 is 9.64 Å². The number of alkyl halides is 3. The Hall–Kier alpha value is -1.83. The molecule has 5 nitrogen and oxygen atoms in total. The second-order valence-corrected chi connectivity index (χ2v) is 6.13. The lowest BCUT2D eigenvalue weighted by Gasteiger charge is -2.42. The highest BCUT2D eigenvalue weighted by Crippen LogP contribution is 2.34. The van der Waals surface area contributed by atoms with Crippen molar-refractivity contribution in [1.29, 1.82) is 0 Å². The quantitative estimate of drug-likeness (QED) is 0.739. The number of anilines is 1. The molecule has 0 aliphatic carbocycles. The first-order valence-corrected chi connectivity index (χ1v) is 7.52. The van der Waals surface area contributed by atoms with E-state index in [0.29, 0.717) is 19.1 Å². The Kier molecular flexibility index (Phi) is 3.95. The van der Waals surface area contributed by atoms with Crippen LogP contribution in [0, 0.1) is 0 Å². The van der Waals surface area contributed by atoms with E-state index in [1.54, 1.807) is 0 Å². The molecular weight excluding hydrogens is 311 g/mol. The number of hydrogen-bond donors (Lipinski definition) is 0. The van der Waals surface area contributed by atoms with Crippen LogP contribution < -0.4 is 4.90 Å². The van der Waals surface area contributed by atoms with Gasteiger partial charge in [0.05, 0.1) is 11.6 Å². The molecule has 2 aliphatic rings. The molecule has 2 aliphatic heterocycles. The van der Waals surface area contributed by atoms with E-state index in [0.717, 1.165) is 18.8 Å². The van der Waals surface area contributed by atoms with Gasteiger partial charge in [0.15, 0.2) is 0 Å².